The van der Waals surface area contributed by atoms with Crippen LogP contribution in [0.5, 0.6) is 0 Å². The van der Waals surface area contributed by atoms with E-state index >= 15 is 0 Å². The van der Waals surface area contributed by atoms with Gasteiger partial charge in [0.05, 0.1) is 5.69 Å². The predicted octanol–water partition coefficient (Wildman–Crippen LogP) is 4.59. The summed E-state index contributed by atoms with van der Waals surface area (Å²) in [5.41, 5.74) is 2.09. The molecular weight excluding hydrogens is 252 g/mol. The molecule has 1 heterocycles. The van der Waals surface area contributed by atoms with Gasteiger partial charge >= 0.3 is 0 Å². The van der Waals surface area contributed by atoms with Crippen molar-refractivity contribution in [1.29, 1.82) is 0 Å². The van der Waals surface area contributed by atoms with Crippen LogP contribution in [0.3, 0.4) is 0 Å². The van der Waals surface area contributed by atoms with Gasteiger partial charge in [-0.05, 0) is 32.9 Å². The first-order chi connectivity index (χ1) is 8.06. The van der Waals surface area contributed by atoms with Gasteiger partial charge in [0.25, 0.3) is 0 Å². The summed E-state index contributed by atoms with van der Waals surface area (Å²) in [6.45, 7) is 6.30. The number of nitrogens with one attached hydrogen (secondary N) is 1. The van der Waals surface area contributed by atoms with Crippen LogP contribution in [0.4, 0.5) is 5.13 Å². The van der Waals surface area contributed by atoms with Crippen molar-refractivity contribution in [3.8, 4) is 11.3 Å². The highest BCUT2D eigenvalue weighted by atomic mass is 35.5. The number of aryl methyl sites for hydroxylation is 1. The molecule has 0 amide bonds. The largest absolute Gasteiger partial charge is 0.359 e. The third kappa shape index (κ3) is 2.99. The third-order valence-corrected chi connectivity index (χ3v) is 3.44. The second-order valence-corrected chi connectivity index (χ2v) is 5.87. The van der Waals surface area contributed by atoms with Crippen molar-refractivity contribution in [1.82, 2.24) is 4.98 Å². The number of halogens is 1. The Balaban J connectivity index is 2.36. The molecule has 0 aliphatic heterocycles. The topological polar surface area (TPSA) is 24.9 Å². The Morgan fingerprint density at radius 1 is 1.35 bits per heavy atom. The molecule has 2 aromatic rings. The summed E-state index contributed by atoms with van der Waals surface area (Å²) in [7, 11) is 0. The van der Waals surface area contributed by atoms with Gasteiger partial charge in [-0.3, -0.25) is 0 Å². The zero-order valence-corrected chi connectivity index (χ0v) is 11.7. The molecule has 1 N–H and O–H groups in total. The Labute approximate surface area is 111 Å². The smallest absolute Gasteiger partial charge is 0.183 e. The quantitative estimate of drug-likeness (QED) is 0.879. The third-order valence-electron chi connectivity index (χ3n) is 2.31. The highest BCUT2D eigenvalue weighted by Gasteiger charge is 2.10. The molecule has 4 heteroatoms. The van der Waals surface area contributed by atoms with E-state index in [2.05, 4.69) is 31.1 Å². The Kier molecular flexibility index (Phi) is 3.69. The number of hydrogen-bond acceptors (Lipinski definition) is 3. The highest BCUT2D eigenvalue weighted by molar-refractivity contribution is 7.16. The van der Waals surface area contributed by atoms with Crippen molar-refractivity contribution >= 4 is 28.1 Å². The first kappa shape index (κ1) is 12.4. The Hall–Kier alpha value is -1.06. The van der Waals surface area contributed by atoms with Crippen LogP contribution < -0.4 is 5.32 Å². The zero-order chi connectivity index (χ0) is 12.4. The van der Waals surface area contributed by atoms with Crippen LogP contribution in [0.2, 0.25) is 5.02 Å². The fraction of sp³-hybridized carbons (Fsp3) is 0.308. The summed E-state index contributed by atoms with van der Waals surface area (Å²) < 4.78 is 0. The molecule has 2 rings (SSSR count). The van der Waals surface area contributed by atoms with Crippen LogP contribution >= 0.6 is 22.9 Å². The molecule has 0 fully saturated rings. The molecule has 1 aromatic carbocycles. The summed E-state index contributed by atoms with van der Waals surface area (Å²) in [6, 6.07) is 8.20. The van der Waals surface area contributed by atoms with Crippen LogP contribution in [0.25, 0.3) is 11.3 Å². The van der Waals surface area contributed by atoms with Crippen molar-refractivity contribution in [2.24, 2.45) is 0 Å². The molecular formula is C13H15ClN2S. The van der Waals surface area contributed by atoms with E-state index in [9.17, 15) is 0 Å². The van der Waals surface area contributed by atoms with Crippen LogP contribution in [0, 0.1) is 6.92 Å². The van der Waals surface area contributed by atoms with Crippen molar-refractivity contribution in [2.75, 3.05) is 5.32 Å². The molecule has 0 atom stereocenters. The fourth-order valence-electron chi connectivity index (χ4n) is 1.61. The van der Waals surface area contributed by atoms with Gasteiger partial charge in [-0.2, -0.15) is 0 Å². The van der Waals surface area contributed by atoms with Crippen molar-refractivity contribution < 1.29 is 0 Å². The number of rotatable bonds is 3. The molecule has 0 aliphatic carbocycles. The lowest BCUT2D eigenvalue weighted by Crippen LogP contribution is -2.08. The number of benzene rings is 1. The molecule has 0 spiro atoms. The van der Waals surface area contributed by atoms with Crippen LogP contribution in [0.1, 0.15) is 18.7 Å². The number of nitrogens with zero attached hydrogens (tertiary/aromatic N) is 1. The predicted molar refractivity (Wildman–Crippen MR) is 76.1 cm³/mol. The van der Waals surface area contributed by atoms with Gasteiger partial charge in [0.15, 0.2) is 5.13 Å². The highest BCUT2D eigenvalue weighted by Crippen LogP contribution is 2.31. The number of aromatic nitrogens is 1. The Bertz CT molecular complexity index is 520. The van der Waals surface area contributed by atoms with E-state index in [1.165, 1.54) is 4.88 Å². The Morgan fingerprint density at radius 3 is 2.76 bits per heavy atom. The summed E-state index contributed by atoms with van der Waals surface area (Å²) in [5.74, 6) is 0. The minimum Gasteiger partial charge on any atom is -0.359 e. The second kappa shape index (κ2) is 5.07. The van der Waals surface area contributed by atoms with Gasteiger partial charge in [0, 0.05) is 21.5 Å². The van der Waals surface area contributed by atoms with Gasteiger partial charge < -0.3 is 5.32 Å². The van der Waals surface area contributed by atoms with E-state index in [4.69, 9.17) is 11.6 Å². The van der Waals surface area contributed by atoms with Crippen LogP contribution in [0.15, 0.2) is 24.3 Å². The monoisotopic (exact) mass is 266 g/mol. The number of anilines is 1. The van der Waals surface area contributed by atoms with Gasteiger partial charge in [-0.15, -0.1) is 11.3 Å². The molecule has 0 saturated heterocycles. The maximum absolute atomic E-state index is 6.00. The van der Waals surface area contributed by atoms with Gasteiger partial charge in [-0.1, -0.05) is 23.7 Å². The molecule has 90 valence electrons. The summed E-state index contributed by atoms with van der Waals surface area (Å²) >= 11 is 7.68. The summed E-state index contributed by atoms with van der Waals surface area (Å²) in [4.78, 5) is 5.81. The van der Waals surface area contributed by atoms with E-state index in [0.29, 0.717) is 6.04 Å². The second-order valence-electron chi connectivity index (χ2n) is 4.23. The molecule has 0 bridgehead atoms. The van der Waals surface area contributed by atoms with Gasteiger partial charge in [0.2, 0.25) is 0 Å². The lowest BCUT2D eigenvalue weighted by Gasteiger charge is -2.04. The lowest BCUT2D eigenvalue weighted by atomic mass is 10.1. The zero-order valence-electron chi connectivity index (χ0n) is 10.1. The standard InChI is InChI=1S/C13H15ClN2S/c1-8(2)15-13-16-12(9(3)17-13)10-5-4-6-11(14)7-10/h4-8H,1-3H3,(H,15,16). The summed E-state index contributed by atoms with van der Waals surface area (Å²) in [6.07, 6.45) is 0. The van der Waals surface area contributed by atoms with E-state index < -0.39 is 0 Å². The molecule has 0 unspecified atom stereocenters. The van der Waals surface area contributed by atoms with E-state index in [-0.39, 0.29) is 0 Å². The molecule has 2 nitrogen and oxygen atoms in total. The van der Waals surface area contributed by atoms with E-state index in [1.54, 1.807) is 11.3 Å². The van der Waals surface area contributed by atoms with Crippen molar-refractivity contribution in [2.45, 2.75) is 26.8 Å². The van der Waals surface area contributed by atoms with E-state index in [0.717, 1.165) is 21.4 Å². The van der Waals surface area contributed by atoms with Gasteiger partial charge in [-0.25, -0.2) is 4.98 Å². The molecule has 17 heavy (non-hydrogen) atoms. The maximum Gasteiger partial charge on any atom is 0.183 e. The maximum atomic E-state index is 6.00. The van der Waals surface area contributed by atoms with Crippen molar-refractivity contribution in [3.63, 3.8) is 0 Å². The average molecular weight is 267 g/mol. The number of thiazole rings is 1. The number of hydrogen-bond donors (Lipinski definition) is 1. The first-order valence-corrected chi connectivity index (χ1v) is 6.75. The molecule has 0 saturated carbocycles. The van der Waals surface area contributed by atoms with E-state index in [1.807, 2.05) is 24.3 Å². The molecule has 1 aromatic heterocycles. The fourth-order valence-corrected chi connectivity index (χ4v) is 2.78. The normalized spacial score (nSPS) is 10.9. The van der Waals surface area contributed by atoms with Crippen LogP contribution in [-0.4, -0.2) is 11.0 Å². The molecule has 0 radical (unpaired) electrons. The van der Waals surface area contributed by atoms with Crippen LogP contribution in [-0.2, 0) is 0 Å². The SMILES string of the molecule is Cc1sc(NC(C)C)nc1-c1cccc(Cl)c1. The first-order valence-electron chi connectivity index (χ1n) is 5.56. The summed E-state index contributed by atoms with van der Waals surface area (Å²) in [5, 5.41) is 5.03. The lowest BCUT2D eigenvalue weighted by molar-refractivity contribution is 0.897. The Morgan fingerprint density at radius 2 is 2.12 bits per heavy atom. The van der Waals surface area contributed by atoms with Crippen molar-refractivity contribution in [3.05, 3.63) is 34.2 Å². The van der Waals surface area contributed by atoms with Gasteiger partial charge in [0.1, 0.15) is 0 Å². The average Bonchev–Trinajstić information content (AvgIpc) is 2.58. The minimum atomic E-state index is 0.396. The minimum absolute atomic E-state index is 0.396. The molecule has 0 aliphatic rings.